The van der Waals surface area contributed by atoms with E-state index in [0.29, 0.717) is 5.56 Å². The zero-order chi connectivity index (χ0) is 27.6. The van der Waals surface area contributed by atoms with Gasteiger partial charge in [-0.3, -0.25) is 24.1 Å². The van der Waals surface area contributed by atoms with Crippen LogP contribution in [0.2, 0.25) is 0 Å². The molecule has 0 saturated heterocycles. The van der Waals surface area contributed by atoms with Crippen molar-refractivity contribution in [2.45, 2.75) is 24.5 Å². The Morgan fingerprint density at radius 1 is 1.14 bits per heavy atom. The van der Waals surface area contributed by atoms with Crippen molar-refractivity contribution in [1.82, 2.24) is 9.80 Å². The standard InChI is InChI=1S/C25H30N4O8/c1-28(2)14(30)9-27-13-6-5-10-7-11-8-12-18(29(3)4)21(33)17(24(26)36)23(35)25(12,37)22(34)16(11)20(32)15(10)19(13)31/h5-6,11-12,18,27,31-32,35,37H,7-9H2,1-4H3,(H2,26,36)/t11?,12?,18-,25?/m0/s1. The highest BCUT2D eigenvalue weighted by Gasteiger charge is 2.64. The third-order valence-corrected chi connectivity index (χ3v) is 7.52. The first-order valence-corrected chi connectivity index (χ1v) is 11.7. The summed E-state index contributed by atoms with van der Waals surface area (Å²) in [4.78, 5) is 53.6. The molecule has 1 aromatic rings. The summed E-state index contributed by atoms with van der Waals surface area (Å²) >= 11 is 0. The van der Waals surface area contributed by atoms with Crippen molar-refractivity contribution < 1.29 is 39.6 Å². The summed E-state index contributed by atoms with van der Waals surface area (Å²) in [6.45, 7) is -0.131. The van der Waals surface area contributed by atoms with Crippen LogP contribution in [-0.4, -0.2) is 100.0 Å². The van der Waals surface area contributed by atoms with E-state index < -0.39 is 63.8 Å². The molecule has 3 aliphatic rings. The molecule has 0 bridgehead atoms. The number of likely N-dealkylation sites (N-methyl/N-ethyl adjacent to an activating group) is 2. The topological polar surface area (TPSA) is 194 Å². The maximum atomic E-state index is 13.8. The number of anilines is 1. The number of carbonyl (C=O) groups excluding carboxylic acids is 4. The number of hydrogen-bond acceptors (Lipinski definition) is 10. The number of carbonyl (C=O) groups is 4. The second-order valence-electron chi connectivity index (χ2n) is 10.1. The van der Waals surface area contributed by atoms with Crippen LogP contribution in [0, 0.1) is 11.8 Å². The van der Waals surface area contributed by atoms with Crippen molar-refractivity contribution in [3.05, 3.63) is 40.2 Å². The molecule has 1 aromatic carbocycles. The molecule has 0 aliphatic heterocycles. The Labute approximate surface area is 212 Å². The molecule has 12 heteroatoms. The van der Waals surface area contributed by atoms with E-state index in [1.165, 1.54) is 9.80 Å². The van der Waals surface area contributed by atoms with Gasteiger partial charge in [0.2, 0.25) is 11.7 Å². The van der Waals surface area contributed by atoms with Crippen LogP contribution in [0.4, 0.5) is 5.69 Å². The number of aliphatic hydroxyl groups is 3. The highest BCUT2D eigenvalue weighted by Crippen LogP contribution is 2.53. The first kappa shape index (κ1) is 26.2. The predicted molar refractivity (Wildman–Crippen MR) is 131 cm³/mol. The molecule has 4 rings (SSSR count). The summed E-state index contributed by atoms with van der Waals surface area (Å²) in [5.74, 6) is -7.30. The van der Waals surface area contributed by atoms with Crippen LogP contribution in [0.5, 0.6) is 5.75 Å². The van der Waals surface area contributed by atoms with Crippen molar-refractivity contribution >= 4 is 34.8 Å². The van der Waals surface area contributed by atoms with Crippen molar-refractivity contribution in [2.75, 3.05) is 40.1 Å². The van der Waals surface area contributed by atoms with Gasteiger partial charge in [0.1, 0.15) is 22.8 Å². The number of primary amides is 1. The summed E-state index contributed by atoms with van der Waals surface area (Å²) in [5, 5.41) is 47.4. The van der Waals surface area contributed by atoms with Crippen molar-refractivity contribution in [3.63, 3.8) is 0 Å². The molecule has 0 heterocycles. The fourth-order valence-electron chi connectivity index (χ4n) is 5.69. The third kappa shape index (κ3) is 3.75. The minimum Gasteiger partial charge on any atom is -0.508 e. The maximum absolute atomic E-state index is 13.8. The number of nitrogens with one attached hydrogen (secondary N) is 1. The van der Waals surface area contributed by atoms with Crippen LogP contribution in [0.15, 0.2) is 29.0 Å². The summed E-state index contributed by atoms with van der Waals surface area (Å²) < 4.78 is 0. The van der Waals surface area contributed by atoms with Gasteiger partial charge in [0, 0.05) is 25.6 Å². The number of ketones is 2. The number of fused-ring (bicyclic) bond motifs is 3. The normalized spacial score (nSPS) is 27.0. The predicted octanol–water partition coefficient (Wildman–Crippen LogP) is -0.536. The SMILES string of the molecule is CN(C)C(=O)CNc1ccc2c(c1O)C(O)=C1C(=O)C3(O)C(O)=C(C(N)=O)C(=O)[C@@H](N(C)C)C3CC1C2. The van der Waals surface area contributed by atoms with E-state index in [0.717, 1.165) is 0 Å². The molecule has 0 aromatic heterocycles. The Morgan fingerprint density at radius 2 is 1.78 bits per heavy atom. The molecule has 0 radical (unpaired) electrons. The average molecular weight is 515 g/mol. The Kier molecular flexibility index (Phi) is 6.29. The quantitative estimate of drug-likeness (QED) is 0.220. The molecule has 3 aliphatic carbocycles. The number of aromatic hydroxyl groups is 1. The van der Waals surface area contributed by atoms with Gasteiger partial charge in [-0.15, -0.1) is 0 Å². The number of hydrogen-bond donors (Lipinski definition) is 6. The molecule has 4 atom stereocenters. The summed E-state index contributed by atoms with van der Waals surface area (Å²) in [5.41, 5.74) is 2.16. The van der Waals surface area contributed by atoms with Crippen LogP contribution in [-0.2, 0) is 25.6 Å². The third-order valence-electron chi connectivity index (χ3n) is 7.52. The Balaban J connectivity index is 1.85. The molecular weight excluding hydrogens is 484 g/mol. The number of aliphatic hydroxyl groups excluding tert-OH is 2. The largest absolute Gasteiger partial charge is 0.508 e. The minimum absolute atomic E-state index is 0.0177. The first-order valence-electron chi connectivity index (χ1n) is 11.7. The highest BCUT2D eigenvalue weighted by molar-refractivity contribution is 6.24. The summed E-state index contributed by atoms with van der Waals surface area (Å²) in [6, 6.07) is 2.07. The fourth-order valence-corrected chi connectivity index (χ4v) is 5.69. The fraction of sp³-hybridized carbons (Fsp3) is 0.440. The molecular formula is C25H30N4O8. The number of nitrogens with zero attached hydrogens (tertiary/aromatic N) is 2. The van der Waals surface area contributed by atoms with Crippen molar-refractivity contribution in [1.29, 1.82) is 0 Å². The lowest BCUT2D eigenvalue weighted by atomic mass is 9.57. The van der Waals surface area contributed by atoms with E-state index in [2.05, 4.69) is 5.32 Å². The number of amides is 2. The second kappa shape index (κ2) is 8.89. The van der Waals surface area contributed by atoms with Crippen LogP contribution in [0.3, 0.4) is 0 Å². The van der Waals surface area contributed by atoms with Gasteiger partial charge >= 0.3 is 0 Å². The van der Waals surface area contributed by atoms with E-state index in [4.69, 9.17) is 5.73 Å². The Morgan fingerprint density at radius 3 is 2.35 bits per heavy atom. The van der Waals surface area contributed by atoms with Crippen molar-refractivity contribution in [2.24, 2.45) is 17.6 Å². The van der Waals surface area contributed by atoms with Gasteiger partial charge in [0.15, 0.2) is 11.4 Å². The van der Waals surface area contributed by atoms with E-state index >= 15 is 0 Å². The molecule has 198 valence electrons. The summed E-state index contributed by atoms with van der Waals surface area (Å²) in [7, 11) is 6.24. The highest BCUT2D eigenvalue weighted by atomic mass is 16.3. The summed E-state index contributed by atoms with van der Waals surface area (Å²) in [6.07, 6.45) is 0.211. The number of phenols is 1. The lowest BCUT2D eigenvalue weighted by molar-refractivity contribution is -0.153. The van der Waals surface area contributed by atoms with Gasteiger partial charge in [-0.05, 0) is 44.5 Å². The molecule has 37 heavy (non-hydrogen) atoms. The minimum atomic E-state index is -2.69. The Hall–Kier alpha value is -3.90. The maximum Gasteiger partial charge on any atom is 0.255 e. The lowest BCUT2D eigenvalue weighted by Crippen LogP contribution is -2.65. The average Bonchev–Trinajstić information content (AvgIpc) is 2.80. The molecule has 1 fully saturated rings. The molecule has 12 nitrogen and oxygen atoms in total. The number of Topliss-reactive ketones (excluding diaryl/α,β-unsaturated/α-hetero) is 2. The zero-order valence-corrected chi connectivity index (χ0v) is 20.9. The van der Waals surface area contributed by atoms with Crippen LogP contribution < -0.4 is 11.1 Å². The number of nitrogens with two attached hydrogens (primary N) is 1. The molecule has 3 unspecified atom stereocenters. The number of rotatable bonds is 5. The second-order valence-corrected chi connectivity index (χ2v) is 10.1. The monoisotopic (exact) mass is 514 g/mol. The van der Waals surface area contributed by atoms with Crippen LogP contribution in [0.1, 0.15) is 17.5 Å². The van der Waals surface area contributed by atoms with Gasteiger partial charge in [-0.2, -0.15) is 0 Å². The van der Waals surface area contributed by atoms with E-state index in [1.54, 1.807) is 40.3 Å². The molecule has 7 N–H and O–H groups in total. The van der Waals surface area contributed by atoms with Crippen LogP contribution in [0.25, 0.3) is 5.76 Å². The van der Waals surface area contributed by atoms with Crippen LogP contribution >= 0.6 is 0 Å². The number of phenolic OH excluding ortho intramolecular Hbond substituents is 1. The van der Waals surface area contributed by atoms with Gasteiger partial charge in [0.05, 0.1) is 23.8 Å². The lowest BCUT2D eigenvalue weighted by Gasteiger charge is -2.50. The van der Waals surface area contributed by atoms with Gasteiger partial charge in [-0.25, -0.2) is 0 Å². The van der Waals surface area contributed by atoms with E-state index in [-0.39, 0.29) is 42.1 Å². The van der Waals surface area contributed by atoms with E-state index in [1.807, 2.05) is 0 Å². The molecule has 2 amide bonds. The van der Waals surface area contributed by atoms with Gasteiger partial charge in [0.25, 0.3) is 5.91 Å². The molecule has 0 spiro atoms. The number of benzene rings is 1. The van der Waals surface area contributed by atoms with Gasteiger partial charge < -0.3 is 36.4 Å². The van der Waals surface area contributed by atoms with Crippen molar-refractivity contribution in [3.8, 4) is 5.75 Å². The van der Waals surface area contributed by atoms with Gasteiger partial charge in [-0.1, -0.05) is 6.07 Å². The molecule has 1 saturated carbocycles. The first-order chi connectivity index (χ1) is 17.2. The van der Waals surface area contributed by atoms with E-state index in [9.17, 15) is 39.6 Å². The smallest absolute Gasteiger partial charge is 0.255 e. The Bertz CT molecular complexity index is 1300. The zero-order valence-electron chi connectivity index (χ0n) is 20.9.